The van der Waals surface area contributed by atoms with Gasteiger partial charge in [0.25, 0.3) is 5.91 Å². The predicted octanol–water partition coefficient (Wildman–Crippen LogP) is 3.57. The minimum atomic E-state index is -0.286. The Kier molecular flexibility index (Phi) is 5.60. The topological polar surface area (TPSA) is 64.9 Å². The van der Waals surface area contributed by atoms with Crippen LogP contribution in [0.15, 0.2) is 30.0 Å². The number of anilines is 1. The summed E-state index contributed by atoms with van der Waals surface area (Å²) in [4.78, 5) is 12.2. The van der Waals surface area contributed by atoms with E-state index in [1.54, 1.807) is 0 Å². The van der Waals surface area contributed by atoms with Gasteiger partial charge in [-0.25, -0.2) is 0 Å². The standard InChI is InChI=1S/C18H23N3O/c1-13-8-14(2)10-17(9-13)20-12-15(11-19)18(22)21-16-6-4-3-5-7-16/h8-10,12,16,20H,3-7H2,1-2H3,(H,21,22)/b15-12-. The second kappa shape index (κ2) is 7.65. The second-order valence-electron chi connectivity index (χ2n) is 6.00. The van der Waals surface area contributed by atoms with Crippen LogP contribution in [0.3, 0.4) is 0 Å². The van der Waals surface area contributed by atoms with Crippen molar-refractivity contribution in [3.05, 3.63) is 41.1 Å². The molecule has 0 unspecified atom stereocenters. The lowest BCUT2D eigenvalue weighted by atomic mass is 9.95. The molecule has 1 aromatic rings. The van der Waals surface area contributed by atoms with Crippen LogP contribution in [0.4, 0.5) is 5.69 Å². The number of rotatable bonds is 4. The second-order valence-corrected chi connectivity index (χ2v) is 6.00. The molecule has 0 radical (unpaired) electrons. The summed E-state index contributed by atoms with van der Waals surface area (Å²) in [6, 6.07) is 8.23. The van der Waals surface area contributed by atoms with Gasteiger partial charge in [-0.2, -0.15) is 5.26 Å². The molecule has 0 saturated heterocycles. The van der Waals surface area contributed by atoms with Crippen molar-refractivity contribution in [1.82, 2.24) is 5.32 Å². The fraction of sp³-hybridized carbons (Fsp3) is 0.444. The van der Waals surface area contributed by atoms with Gasteiger partial charge < -0.3 is 10.6 Å². The van der Waals surface area contributed by atoms with Crippen LogP contribution in [-0.2, 0) is 4.79 Å². The SMILES string of the molecule is Cc1cc(C)cc(N/C=C(/C#N)C(=O)NC2CCCCC2)c1. The number of carbonyl (C=O) groups is 1. The number of amides is 1. The van der Waals surface area contributed by atoms with Gasteiger partial charge >= 0.3 is 0 Å². The molecule has 116 valence electrons. The minimum absolute atomic E-state index is 0.115. The molecular weight excluding hydrogens is 274 g/mol. The van der Waals surface area contributed by atoms with E-state index < -0.39 is 0 Å². The van der Waals surface area contributed by atoms with Crippen molar-refractivity contribution in [2.24, 2.45) is 0 Å². The average molecular weight is 297 g/mol. The Bertz CT molecular complexity index is 587. The van der Waals surface area contributed by atoms with Crippen molar-refractivity contribution in [2.75, 3.05) is 5.32 Å². The van der Waals surface area contributed by atoms with Gasteiger partial charge in [0.05, 0.1) is 0 Å². The molecule has 2 N–H and O–H groups in total. The number of carbonyl (C=O) groups excluding carboxylic acids is 1. The van der Waals surface area contributed by atoms with Crippen LogP contribution in [-0.4, -0.2) is 11.9 Å². The molecule has 2 rings (SSSR count). The normalized spacial score (nSPS) is 16.0. The lowest BCUT2D eigenvalue weighted by Crippen LogP contribution is -2.37. The number of hydrogen-bond acceptors (Lipinski definition) is 3. The van der Waals surface area contributed by atoms with Crippen molar-refractivity contribution < 1.29 is 4.79 Å². The van der Waals surface area contributed by atoms with E-state index in [1.807, 2.05) is 32.0 Å². The molecule has 0 bridgehead atoms. The molecule has 1 saturated carbocycles. The van der Waals surface area contributed by atoms with Crippen molar-refractivity contribution >= 4 is 11.6 Å². The molecule has 1 aromatic carbocycles. The molecule has 1 aliphatic rings. The summed E-state index contributed by atoms with van der Waals surface area (Å²) >= 11 is 0. The Hall–Kier alpha value is -2.28. The maximum Gasteiger partial charge on any atom is 0.263 e. The summed E-state index contributed by atoms with van der Waals surface area (Å²) in [7, 11) is 0. The number of nitriles is 1. The lowest BCUT2D eigenvalue weighted by molar-refractivity contribution is -0.118. The first-order valence-electron chi connectivity index (χ1n) is 7.84. The first kappa shape index (κ1) is 16.1. The number of benzene rings is 1. The Balaban J connectivity index is 2.00. The quantitative estimate of drug-likeness (QED) is 0.659. The zero-order valence-corrected chi connectivity index (χ0v) is 13.3. The Morgan fingerprint density at radius 1 is 1.18 bits per heavy atom. The van der Waals surface area contributed by atoms with Gasteiger partial charge in [0.15, 0.2) is 0 Å². The molecule has 4 nitrogen and oxygen atoms in total. The zero-order valence-electron chi connectivity index (χ0n) is 13.3. The highest BCUT2D eigenvalue weighted by atomic mass is 16.1. The monoisotopic (exact) mass is 297 g/mol. The fourth-order valence-corrected chi connectivity index (χ4v) is 2.87. The van der Waals surface area contributed by atoms with Crippen molar-refractivity contribution in [2.45, 2.75) is 52.0 Å². The largest absolute Gasteiger partial charge is 0.360 e. The van der Waals surface area contributed by atoms with Crippen LogP contribution in [0.25, 0.3) is 0 Å². The van der Waals surface area contributed by atoms with Crippen molar-refractivity contribution in [3.63, 3.8) is 0 Å². The number of nitrogens with one attached hydrogen (secondary N) is 2. The third-order valence-corrected chi connectivity index (χ3v) is 3.91. The minimum Gasteiger partial charge on any atom is -0.360 e. The molecule has 0 aliphatic heterocycles. The van der Waals surface area contributed by atoms with Crippen LogP contribution in [0.1, 0.15) is 43.2 Å². The maximum absolute atomic E-state index is 12.2. The summed E-state index contributed by atoms with van der Waals surface area (Å²) in [5, 5.41) is 15.2. The molecule has 0 spiro atoms. The van der Waals surface area contributed by atoms with Crippen LogP contribution in [0, 0.1) is 25.2 Å². The van der Waals surface area contributed by atoms with E-state index in [0.29, 0.717) is 0 Å². The molecule has 1 amide bonds. The van der Waals surface area contributed by atoms with Crippen LogP contribution >= 0.6 is 0 Å². The highest BCUT2D eigenvalue weighted by Gasteiger charge is 2.17. The van der Waals surface area contributed by atoms with Gasteiger partial charge in [0, 0.05) is 17.9 Å². The fourth-order valence-electron chi connectivity index (χ4n) is 2.87. The highest BCUT2D eigenvalue weighted by molar-refractivity contribution is 5.97. The zero-order chi connectivity index (χ0) is 15.9. The summed E-state index contributed by atoms with van der Waals surface area (Å²) in [5.41, 5.74) is 3.28. The van der Waals surface area contributed by atoms with E-state index in [4.69, 9.17) is 0 Å². The molecule has 1 fully saturated rings. The first-order valence-corrected chi connectivity index (χ1v) is 7.84. The van der Waals surface area contributed by atoms with Crippen LogP contribution in [0.2, 0.25) is 0 Å². The Morgan fingerprint density at radius 3 is 2.41 bits per heavy atom. The molecule has 0 heterocycles. The maximum atomic E-state index is 12.2. The first-order chi connectivity index (χ1) is 10.6. The Labute approximate surface area is 132 Å². The van der Waals surface area contributed by atoms with Gasteiger partial charge in [0.2, 0.25) is 0 Å². The van der Waals surface area contributed by atoms with E-state index >= 15 is 0 Å². The number of nitrogens with zero attached hydrogens (tertiary/aromatic N) is 1. The molecule has 22 heavy (non-hydrogen) atoms. The van der Waals surface area contributed by atoms with E-state index in [0.717, 1.165) is 42.5 Å². The third-order valence-electron chi connectivity index (χ3n) is 3.91. The van der Waals surface area contributed by atoms with E-state index in [1.165, 1.54) is 12.6 Å². The van der Waals surface area contributed by atoms with Crippen molar-refractivity contribution in [1.29, 1.82) is 5.26 Å². The van der Waals surface area contributed by atoms with Gasteiger partial charge in [-0.15, -0.1) is 0 Å². The molecule has 4 heteroatoms. The van der Waals surface area contributed by atoms with E-state index in [2.05, 4.69) is 16.7 Å². The van der Waals surface area contributed by atoms with Gasteiger partial charge in [-0.05, 0) is 49.9 Å². The summed E-state index contributed by atoms with van der Waals surface area (Å²) in [6.07, 6.45) is 7.05. The Morgan fingerprint density at radius 2 is 1.82 bits per heavy atom. The van der Waals surface area contributed by atoms with E-state index in [9.17, 15) is 10.1 Å². The average Bonchev–Trinajstić information content (AvgIpc) is 2.48. The van der Waals surface area contributed by atoms with Crippen LogP contribution < -0.4 is 10.6 Å². The van der Waals surface area contributed by atoms with Gasteiger partial charge in [-0.3, -0.25) is 4.79 Å². The van der Waals surface area contributed by atoms with E-state index in [-0.39, 0.29) is 17.5 Å². The lowest BCUT2D eigenvalue weighted by Gasteiger charge is -2.22. The van der Waals surface area contributed by atoms with Gasteiger partial charge in [-0.1, -0.05) is 25.3 Å². The van der Waals surface area contributed by atoms with Crippen LogP contribution in [0.5, 0.6) is 0 Å². The smallest absolute Gasteiger partial charge is 0.263 e. The molecular formula is C18H23N3O. The molecule has 0 atom stereocenters. The third kappa shape index (κ3) is 4.63. The summed E-state index contributed by atoms with van der Waals surface area (Å²) in [6.45, 7) is 4.03. The summed E-state index contributed by atoms with van der Waals surface area (Å²) < 4.78 is 0. The summed E-state index contributed by atoms with van der Waals surface area (Å²) in [5.74, 6) is -0.286. The number of aryl methyl sites for hydroxylation is 2. The van der Waals surface area contributed by atoms with Gasteiger partial charge in [0.1, 0.15) is 11.6 Å². The highest BCUT2D eigenvalue weighted by Crippen LogP contribution is 2.18. The molecule has 1 aliphatic carbocycles. The molecule has 0 aromatic heterocycles. The predicted molar refractivity (Wildman–Crippen MR) is 88.3 cm³/mol. The van der Waals surface area contributed by atoms with Crippen molar-refractivity contribution in [3.8, 4) is 6.07 Å². The number of hydrogen-bond donors (Lipinski definition) is 2.